The molecule has 144 valence electrons. The van der Waals surface area contributed by atoms with Crippen LogP contribution in [0.1, 0.15) is 22.3 Å². The average molecular weight is 394 g/mol. The Bertz CT molecular complexity index is 1440. The van der Waals surface area contributed by atoms with Crippen LogP contribution in [-0.2, 0) is 5.41 Å². The Morgan fingerprint density at radius 3 is 1.84 bits per heavy atom. The zero-order valence-electron chi connectivity index (χ0n) is 16.8. The molecular weight excluding hydrogens is 376 g/mol. The highest BCUT2D eigenvalue weighted by Gasteiger charge is 2.52. The van der Waals surface area contributed by atoms with Gasteiger partial charge in [0.2, 0.25) is 0 Å². The molecule has 2 nitrogen and oxygen atoms in total. The Labute approximate surface area is 180 Å². The lowest BCUT2D eigenvalue weighted by Gasteiger charge is -2.29. The van der Waals surface area contributed by atoms with E-state index in [4.69, 9.17) is 9.97 Å². The van der Waals surface area contributed by atoms with Gasteiger partial charge in [0.1, 0.15) is 0 Å². The molecule has 1 spiro atoms. The molecule has 0 fully saturated rings. The van der Waals surface area contributed by atoms with Gasteiger partial charge in [0, 0.05) is 11.8 Å². The van der Waals surface area contributed by atoms with Crippen molar-refractivity contribution >= 4 is 0 Å². The van der Waals surface area contributed by atoms with Gasteiger partial charge in [-0.2, -0.15) is 0 Å². The largest absolute Gasteiger partial charge is 0.254 e. The Kier molecular flexibility index (Phi) is 3.23. The predicted octanol–water partition coefficient (Wildman–Crippen LogP) is 6.49. The van der Waals surface area contributed by atoms with E-state index in [1.165, 1.54) is 33.4 Å². The molecule has 0 amide bonds. The van der Waals surface area contributed by atoms with Gasteiger partial charge in [-0.15, -0.1) is 0 Å². The molecule has 7 rings (SSSR count). The van der Waals surface area contributed by atoms with Gasteiger partial charge in [-0.05, 0) is 45.5 Å². The Balaban J connectivity index is 1.61. The maximum absolute atomic E-state index is 5.17. The second-order valence-electron chi connectivity index (χ2n) is 8.20. The molecule has 2 heterocycles. The van der Waals surface area contributed by atoms with Crippen LogP contribution in [0, 0.1) is 0 Å². The number of hydrogen-bond donors (Lipinski definition) is 0. The molecule has 0 aliphatic heterocycles. The molecule has 0 radical (unpaired) electrons. The molecule has 3 aromatic carbocycles. The summed E-state index contributed by atoms with van der Waals surface area (Å²) in [5.41, 5.74) is 11.4. The summed E-state index contributed by atoms with van der Waals surface area (Å²) in [4.78, 5) is 10.0. The molecule has 0 saturated heterocycles. The van der Waals surface area contributed by atoms with Gasteiger partial charge < -0.3 is 0 Å². The number of pyridine rings is 2. The van der Waals surface area contributed by atoms with Gasteiger partial charge >= 0.3 is 0 Å². The lowest BCUT2D eigenvalue weighted by atomic mass is 9.71. The van der Waals surface area contributed by atoms with Gasteiger partial charge in [-0.25, -0.2) is 4.98 Å². The highest BCUT2D eigenvalue weighted by molar-refractivity contribution is 5.93. The molecule has 2 aromatic heterocycles. The van der Waals surface area contributed by atoms with Crippen molar-refractivity contribution in [2.45, 2.75) is 5.41 Å². The Hall–Kier alpha value is -4.04. The fourth-order valence-corrected chi connectivity index (χ4v) is 5.57. The van der Waals surface area contributed by atoms with Crippen LogP contribution in [0.2, 0.25) is 0 Å². The zero-order chi connectivity index (χ0) is 20.4. The number of benzene rings is 3. The maximum atomic E-state index is 5.17. The van der Waals surface area contributed by atoms with Gasteiger partial charge in [0.05, 0.1) is 22.5 Å². The van der Waals surface area contributed by atoms with E-state index in [0.29, 0.717) is 0 Å². The highest BCUT2D eigenvalue weighted by atomic mass is 14.8. The molecule has 0 atom stereocenters. The van der Waals surface area contributed by atoms with Crippen LogP contribution in [0.15, 0.2) is 109 Å². The molecule has 2 aliphatic rings. The van der Waals surface area contributed by atoms with E-state index in [1.54, 1.807) is 0 Å². The van der Waals surface area contributed by atoms with E-state index in [-0.39, 0.29) is 5.41 Å². The topological polar surface area (TPSA) is 25.8 Å². The zero-order valence-corrected chi connectivity index (χ0v) is 16.8. The van der Waals surface area contributed by atoms with Crippen molar-refractivity contribution < 1.29 is 0 Å². The van der Waals surface area contributed by atoms with Crippen LogP contribution in [0.3, 0.4) is 0 Å². The quantitative estimate of drug-likeness (QED) is 0.318. The van der Waals surface area contributed by atoms with E-state index in [9.17, 15) is 0 Å². The molecule has 5 aromatic rings. The third-order valence-electron chi connectivity index (χ3n) is 6.76. The summed E-state index contributed by atoms with van der Waals surface area (Å²) in [6.45, 7) is 0. The normalized spacial score (nSPS) is 14.1. The lowest BCUT2D eigenvalue weighted by Crippen LogP contribution is -2.25. The molecule has 2 heteroatoms. The average Bonchev–Trinajstić information content (AvgIpc) is 3.32. The van der Waals surface area contributed by atoms with E-state index in [1.807, 2.05) is 18.3 Å². The summed E-state index contributed by atoms with van der Waals surface area (Å²) in [6, 6.07) is 36.6. The fourth-order valence-electron chi connectivity index (χ4n) is 5.57. The Morgan fingerprint density at radius 2 is 1.10 bits per heavy atom. The van der Waals surface area contributed by atoms with Crippen LogP contribution in [0.25, 0.3) is 33.8 Å². The molecule has 0 saturated carbocycles. The number of nitrogens with zero attached hydrogens (tertiary/aromatic N) is 2. The number of rotatable bonds is 1. The van der Waals surface area contributed by atoms with Crippen LogP contribution < -0.4 is 0 Å². The van der Waals surface area contributed by atoms with Crippen LogP contribution in [-0.4, -0.2) is 9.97 Å². The lowest BCUT2D eigenvalue weighted by molar-refractivity contribution is 0.789. The molecule has 31 heavy (non-hydrogen) atoms. The third-order valence-corrected chi connectivity index (χ3v) is 6.76. The van der Waals surface area contributed by atoms with Crippen LogP contribution >= 0.6 is 0 Å². The van der Waals surface area contributed by atoms with Crippen molar-refractivity contribution in [1.82, 2.24) is 9.97 Å². The minimum absolute atomic E-state index is 0.367. The predicted molar refractivity (Wildman–Crippen MR) is 124 cm³/mol. The summed E-state index contributed by atoms with van der Waals surface area (Å²) in [7, 11) is 0. The first-order chi connectivity index (χ1) is 15.4. The first kappa shape index (κ1) is 16.7. The number of aromatic nitrogens is 2. The minimum Gasteiger partial charge on any atom is -0.254 e. The SMILES string of the molecule is c1ccc(-c2ccc3c(n2)-c2ncccc2C32c3ccccc3-c3ccccc32)cc1. The second kappa shape index (κ2) is 5.99. The van der Waals surface area contributed by atoms with Crippen molar-refractivity contribution in [3.05, 3.63) is 132 Å². The van der Waals surface area contributed by atoms with Crippen LogP contribution in [0.4, 0.5) is 0 Å². The maximum Gasteiger partial charge on any atom is 0.0945 e. The van der Waals surface area contributed by atoms with Gasteiger partial charge in [0.15, 0.2) is 0 Å². The van der Waals surface area contributed by atoms with Gasteiger partial charge in [0.25, 0.3) is 0 Å². The first-order valence-electron chi connectivity index (χ1n) is 10.6. The second-order valence-corrected chi connectivity index (χ2v) is 8.20. The summed E-state index contributed by atoms with van der Waals surface area (Å²) in [6.07, 6.45) is 1.88. The fraction of sp³-hybridized carbons (Fsp3) is 0.0345. The summed E-state index contributed by atoms with van der Waals surface area (Å²) in [5.74, 6) is 0. The van der Waals surface area contributed by atoms with E-state index in [0.717, 1.165) is 22.6 Å². The van der Waals surface area contributed by atoms with Crippen molar-refractivity contribution in [3.8, 4) is 33.8 Å². The monoisotopic (exact) mass is 394 g/mol. The smallest absolute Gasteiger partial charge is 0.0945 e. The van der Waals surface area contributed by atoms with E-state index in [2.05, 4.69) is 91.0 Å². The summed E-state index contributed by atoms with van der Waals surface area (Å²) in [5, 5.41) is 0. The van der Waals surface area contributed by atoms with Gasteiger partial charge in [-0.3, -0.25) is 4.98 Å². The van der Waals surface area contributed by atoms with Crippen molar-refractivity contribution in [2.24, 2.45) is 0 Å². The molecule has 0 unspecified atom stereocenters. The first-order valence-corrected chi connectivity index (χ1v) is 10.6. The molecule has 0 N–H and O–H groups in total. The van der Waals surface area contributed by atoms with E-state index >= 15 is 0 Å². The molecule has 0 bridgehead atoms. The summed E-state index contributed by atoms with van der Waals surface area (Å²) >= 11 is 0. The van der Waals surface area contributed by atoms with Crippen LogP contribution in [0.5, 0.6) is 0 Å². The Morgan fingerprint density at radius 1 is 0.484 bits per heavy atom. The summed E-state index contributed by atoms with van der Waals surface area (Å²) < 4.78 is 0. The van der Waals surface area contributed by atoms with Gasteiger partial charge in [-0.1, -0.05) is 91.0 Å². The van der Waals surface area contributed by atoms with Crippen molar-refractivity contribution in [3.63, 3.8) is 0 Å². The number of fused-ring (bicyclic) bond motifs is 10. The molecular formula is C29H18N2. The minimum atomic E-state index is -0.367. The van der Waals surface area contributed by atoms with Crippen molar-refractivity contribution in [2.75, 3.05) is 0 Å². The van der Waals surface area contributed by atoms with Crippen molar-refractivity contribution in [1.29, 1.82) is 0 Å². The number of hydrogen-bond acceptors (Lipinski definition) is 2. The molecule has 2 aliphatic carbocycles. The standard InChI is InChI=1S/C29H18N2/c1-2-9-19(10-3-1)26-17-16-25-28(31-26)27-24(15-8-18-30-27)29(25)22-13-6-4-11-20(22)21-12-5-7-14-23(21)29/h1-18H. The van der Waals surface area contributed by atoms with E-state index < -0.39 is 0 Å². The highest BCUT2D eigenvalue weighted by Crippen LogP contribution is 2.61. The third kappa shape index (κ3) is 2.02.